The number of carboxylic acid groups (broad SMARTS) is 1. The minimum absolute atomic E-state index is 0.189. The van der Waals surface area contributed by atoms with Crippen molar-refractivity contribution in [2.45, 2.75) is 24.9 Å². The third-order valence-electron chi connectivity index (χ3n) is 8.39. The first-order chi connectivity index (χ1) is 21.4. The number of anilines is 2. The first kappa shape index (κ1) is 27.0. The molecule has 0 bridgehead atoms. The maximum absolute atomic E-state index is 14.0. The third-order valence-corrected chi connectivity index (χ3v) is 8.39. The van der Waals surface area contributed by atoms with Gasteiger partial charge in [-0.25, -0.2) is 4.79 Å². The van der Waals surface area contributed by atoms with Crippen molar-refractivity contribution in [3.05, 3.63) is 143 Å². The first-order valence-electron chi connectivity index (χ1n) is 14.5. The molecule has 3 N–H and O–H groups in total. The van der Waals surface area contributed by atoms with Gasteiger partial charge in [-0.3, -0.25) is 4.79 Å². The number of benzene rings is 5. The molecule has 6 aromatic rings. The topological polar surface area (TPSA) is 107 Å². The lowest BCUT2D eigenvalue weighted by molar-refractivity contribution is 0.0696. The van der Waals surface area contributed by atoms with Crippen LogP contribution in [0.3, 0.4) is 0 Å². The Labute approximate surface area is 254 Å². The molecule has 0 saturated heterocycles. The van der Waals surface area contributed by atoms with Gasteiger partial charge in [0.25, 0.3) is 5.91 Å². The molecule has 1 aliphatic carbocycles. The summed E-state index contributed by atoms with van der Waals surface area (Å²) >= 11 is 0. The second kappa shape index (κ2) is 10.8. The van der Waals surface area contributed by atoms with E-state index in [2.05, 4.69) is 51.6 Å². The maximum Gasteiger partial charge on any atom is 0.335 e. The van der Waals surface area contributed by atoms with E-state index >= 15 is 0 Å². The van der Waals surface area contributed by atoms with E-state index in [1.165, 1.54) is 5.39 Å². The summed E-state index contributed by atoms with van der Waals surface area (Å²) in [6.07, 6.45) is 3.56. The molecule has 5 aromatic carbocycles. The van der Waals surface area contributed by atoms with Crippen LogP contribution in [-0.2, 0) is 12.1 Å². The van der Waals surface area contributed by atoms with Crippen LogP contribution in [0.4, 0.5) is 11.4 Å². The van der Waals surface area contributed by atoms with Gasteiger partial charge in [-0.05, 0) is 89.3 Å². The number of amides is 1. The molecule has 1 fully saturated rings. The largest absolute Gasteiger partial charge is 0.478 e. The molecule has 0 radical (unpaired) electrons. The van der Waals surface area contributed by atoms with Crippen molar-refractivity contribution in [3.63, 3.8) is 0 Å². The number of aromatic nitrogens is 1. The predicted molar refractivity (Wildman–Crippen MR) is 171 cm³/mol. The highest BCUT2D eigenvalue weighted by atomic mass is 16.4. The van der Waals surface area contributed by atoms with Crippen LogP contribution in [0.1, 0.15) is 50.2 Å². The van der Waals surface area contributed by atoms with Gasteiger partial charge in [-0.15, -0.1) is 0 Å². The smallest absolute Gasteiger partial charge is 0.335 e. The van der Waals surface area contributed by atoms with Gasteiger partial charge in [-0.1, -0.05) is 54.6 Å². The molecule has 1 aliphatic rings. The number of nitrogens with zero attached hydrogens (tertiary/aromatic N) is 2. The number of nitriles is 1. The van der Waals surface area contributed by atoms with Crippen molar-refractivity contribution in [2.24, 2.45) is 0 Å². The van der Waals surface area contributed by atoms with E-state index in [-0.39, 0.29) is 11.5 Å². The van der Waals surface area contributed by atoms with E-state index < -0.39 is 11.5 Å². The highest BCUT2D eigenvalue weighted by Crippen LogP contribution is 2.46. The third kappa shape index (κ3) is 5.03. The fraction of sp³-hybridized carbons (Fsp3) is 0.108. The lowest BCUT2D eigenvalue weighted by Crippen LogP contribution is -2.35. The molecule has 0 atom stereocenters. The van der Waals surface area contributed by atoms with Crippen LogP contribution >= 0.6 is 0 Å². The van der Waals surface area contributed by atoms with Gasteiger partial charge in [0.2, 0.25) is 0 Å². The summed E-state index contributed by atoms with van der Waals surface area (Å²) in [5.74, 6) is -1.17. The van der Waals surface area contributed by atoms with Crippen LogP contribution in [-0.4, -0.2) is 21.6 Å². The van der Waals surface area contributed by atoms with Crippen LogP contribution in [0.5, 0.6) is 0 Å². The summed E-state index contributed by atoms with van der Waals surface area (Å²) in [4.78, 5) is 25.4. The Hall–Kier alpha value is -5.87. The molecule has 0 spiro atoms. The number of nitrogens with one attached hydrogen (secondary N) is 2. The SMILES string of the molecule is N#Cc1cccc(Nc2ccc(C(=O)NC3(c4ccc(C(=O)O)cc4)CC3)c3c2ccn3Cc2ccc3ccccc3c2)c1. The van der Waals surface area contributed by atoms with Crippen molar-refractivity contribution in [2.75, 3.05) is 5.32 Å². The van der Waals surface area contributed by atoms with Crippen LogP contribution in [0.25, 0.3) is 21.7 Å². The van der Waals surface area contributed by atoms with E-state index in [9.17, 15) is 20.0 Å². The van der Waals surface area contributed by atoms with Gasteiger partial charge < -0.3 is 20.3 Å². The number of carbonyl (C=O) groups is 2. The van der Waals surface area contributed by atoms with E-state index in [4.69, 9.17) is 0 Å². The lowest BCUT2D eigenvalue weighted by atomic mass is 10.0. The van der Waals surface area contributed by atoms with Gasteiger partial charge in [-0.2, -0.15) is 5.26 Å². The summed E-state index contributed by atoms with van der Waals surface area (Å²) in [6, 6.07) is 36.6. The van der Waals surface area contributed by atoms with E-state index in [0.29, 0.717) is 17.7 Å². The Kier molecular flexibility index (Phi) is 6.60. The van der Waals surface area contributed by atoms with E-state index in [0.717, 1.165) is 51.6 Å². The molecule has 1 amide bonds. The van der Waals surface area contributed by atoms with Crippen molar-refractivity contribution < 1.29 is 14.7 Å². The normalized spacial score (nSPS) is 13.3. The van der Waals surface area contributed by atoms with Crippen LogP contribution in [0.15, 0.2) is 115 Å². The Bertz CT molecular complexity index is 2120. The second-order valence-corrected chi connectivity index (χ2v) is 11.3. The zero-order valence-electron chi connectivity index (χ0n) is 23.7. The number of aromatic carboxylic acids is 1. The summed E-state index contributed by atoms with van der Waals surface area (Å²) < 4.78 is 2.10. The van der Waals surface area contributed by atoms with Gasteiger partial charge in [0.1, 0.15) is 0 Å². The molecule has 7 rings (SSSR count). The van der Waals surface area contributed by atoms with Crippen molar-refractivity contribution >= 4 is 44.9 Å². The molecule has 214 valence electrons. The predicted octanol–water partition coefficient (Wildman–Crippen LogP) is 7.58. The number of fused-ring (bicyclic) bond motifs is 2. The molecular formula is C37H28N4O3. The molecule has 0 aliphatic heterocycles. The summed E-state index contributed by atoms with van der Waals surface area (Å²) in [5, 5.41) is 28.6. The Morgan fingerprint density at radius 2 is 1.66 bits per heavy atom. The Balaban J connectivity index is 1.27. The number of carbonyl (C=O) groups excluding carboxylic acids is 1. The lowest BCUT2D eigenvalue weighted by Gasteiger charge is -2.20. The van der Waals surface area contributed by atoms with E-state index in [1.807, 2.05) is 48.7 Å². The average molecular weight is 577 g/mol. The second-order valence-electron chi connectivity index (χ2n) is 11.3. The van der Waals surface area contributed by atoms with Crippen molar-refractivity contribution in [3.8, 4) is 6.07 Å². The quantitative estimate of drug-likeness (QED) is 0.173. The van der Waals surface area contributed by atoms with Gasteiger partial charge in [0.05, 0.1) is 33.8 Å². The summed E-state index contributed by atoms with van der Waals surface area (Å²) in [6.45, 7) is 0.573. The van der Waals surface area contributed by atoms with Gasteiger partial charge >= 0.3 is 5.97 Å². The minimum Gasteiger partial charge on any atom is -0.478 e. The molecule has 44 heavy (non-hydrogen) atoms. The Morgan fingerprint density at radius 1 is 0.864 bits per heavy atom. The molecule has 7 heteroatoms. The van der Waals surface area contributed by atoms with Gasteiger partial charge in [0.15, 0.2) is 0 Å². The maximum atomic E-state index is 14.0. The van der Waals surface area contributed by atoms with E-state index in [1.54, 1.807) is 36.4 Å². The molecule has 1 saturated carbocycles. The van der Waals surface area contributed by atoms with Crippen LogP contribution < -0.4 is 10.6 Å². The standard InChI is InChI=1S/C37H28N4O3/c38-22-24-4-3-7-30(21-24)39-33-15-14-32(35(42)40-37(17-18-37)29-12-10-27(11-13-29)36(43)44)34-31(33)16-19-41(34)23-25-8-9-26-5-1-2-6-28(26)20-25/h1-16,19-21,39H,17-18,23H2,(H,40,42)(H,43,44). The fourth-order valence-corrected chi connectivity index (χ4v) is 5.93. The van der Waals surface area contributed by atoms with Gasteiger partial charge in [0, 0.05) is 29.5 Å². The average Bonchev–Trinajstić information content (AvgIpc) is 3.71. The first-order valence-corrected chi connectivity index (χ1v) is 14.5. The number of hydrogen-bond donors (Lipinski definition) is 3. The monoisotopic (exact) mass is 576 g/mol. The molecular weight excluding hydrogens is 548 g/mol. The number of rotatable bonds is 8. The van der Waals surface area contributed by atoms with Crippen molar-refractivity contribution in [1.82, 2.24) is 9.88 Å². The van der Waals surface area contributed by atoms with Crippen molar-refractivity contribution in [1.29, 1.82) is 5.26 Å². The molecule has 7 nitrogen and oxygen atoms in total. The van der Waals surface area contributed by atoms with Crippen LogP contribution in [0, 0.1) is 11.3 Å². The summed E-state index contributed by atoms with van der Waals surface area (Å²) in [7, 11) is 0. The highest BCUT2D eigenvalue weighted by Gasteiger charge is 2.46. The molecule has 0 unspecified atom stereocenters. The minimum atomic E-state index is -0.979. The highest BCUT2D eigenvalue weighted by molar-refractivity contribution is 6.10. The molecule has 1 heterocycles. The Morgan fingerprint density at radius 3 is 2.41 bits per heavy atom. The number of carboxylic acids is 1. The molecule has 1 aromatic heterocycles. The zero-order chi connectivity index (χ0) is 30.3. The summed E-state index contributed by atoms with van der Waals surface area (Å²) in [5.41, 5.74) is 5.23. The number of hydrogen-bond acceptors (Lipinski definition) is 4. The van der Waals surface area contributed by atoms with Crippen LogP contribution in [0.2, 0.25) is 0 Å². The zero-order valence-corrected chi connectivity index (χ0v) is 23.7. The fourth-order valence-electron chi connectivity index (χ4n) is 5.93.